The van der Waals surface area contributed by atoms with Gasteiger partial charge in [-0.15, -0.1) is 0 Å². The van der Waals surface area contributed by atoms with Crippen molar-refractivity contribution in [3.8, 4) is 0 Å². The molecule has 1 aliphatic rings. The highest BCUT2D eigenvalue weighted by Gasteiger charge is 2.20. The number of ether oxygens (including phenoxy) is 1. The number of aryl methyl sites for hydroxylation is 1. The summed E-state index contributed by atoms with van der Waals surface area (Å²) in [4.78, 5) is 14.9. The number of hydrogen-bond donors (Lipinski definition) is 1. The molecular weight excluding hydrogens is 383 g/mol. The fourth-order valence-corrected chi connectivity index (χ4v) is 3.57. The third kappa shape index (κ3) is 5.53. The second kappa shape index (κ2) is 10.0. The number of nitrogens with one attached hydrogen (secondary N) is 1. The molecule has 1 N–H and O–H groups in total. The largest absolute Gasteiger partial charge is 0.379 e. The van der Waals surface area contributed by atoms with Crippen LogP contribution in [0, 0.1) is 12.7 Å². The molecule has 3 rings (SSSR count). The van der Waals surface area contributed by atoms with Gasteiger partial charge in [-0.05, 0) is 44.0 Å². The van der Waals surface area contributed by atoms with Crippen molar-refractivity contribution in [2.45, 2.75) is 26.3 Å². The first kappa shape index (κ1) is 20.8. The molecule has 0 spiro atoms. The molecule has 1 aliphatic heterocycles. The second-order valence-corrected chi connectivity index (χ2v) is 7.31. The van der Waals surface area contributed by atoms with E-state index in [1.165, 1.54) is 12.1 Å². The number of morpholine rings is 1. The molecule has 2 heterocycles. The SMILES string of the molecule is Cc1nn(Cc2ccc(F)cc2)c(Cl)c1C(=O)NCCCCN1CCOCC1. The Labute approximate surface area is 169 Å². The van der Waals surface area contributed by atoms with Gasteiger partial charge < -0.3 is 10.1 Å². The van der Waals surface area contributed by atoms with Gasteiger partial charge in [0, 0.05) is 19.6 Å². The summed E-state index contributed by atoms with van der Waals surface area (Å²) < 4.78 is 20.0. The van der Waals surface area contributed by atoms with E-state index in [-0.39, 0.29) is 11.7 Å². The number of carbonyl (C=O) groups is 1. The first-order valence-electron chi connectivity index (χ1n) is 9.60. The van der Waals surface area contributed by atoms with E-state index < -0.39 is 0 Å². The van der Waals surface area contributed by atoms with Gasteiger partial charge in [0.2, 0.25) is 0 Å². The van der Waals surface area contributed by atoms with Gasteiger partial charge in [-0.2, -0.15) is 5.10 Å². The summed E-state index contributed by atoms with van der Waals surface area (Å²) in [7, 11) is 0. The summed E-state index contributed by atoms with van der Waals surface area (Å²) >= 11 is 6.39. The smallest absolute Gasteiger partial charge is 0.256 e. The molecule has 8 heteroatoms. The summed E-state index contributed by atoms with van der Waals surface area (Å²) in [5.41, 5.74) is 1.84. The number of halogens is 2. The number of hydrogen-bond acceptors (Lipinski definition) is 4. The first-order valence-corrected chi connectivity index (χ1v) is 9.98. The van der Waals surface area contributed by atoms with Crippen LogP contribution in [0.4, 0.5) is 4.39 Å². The average Bonchev–Trinajstić information content (AvgIpc) is 2.97. The number of aromatic nitrogens is 2. The summed E-state index contributed by atoms with van der Waals surface area (Å²) in [6, 6.07) is 6.14. The average molecular weight is 409 g/mol. The fourth-order valence-electron chi connectivity index (χ4n) is 3.25. The van der Waals surface area contributed by atoms with Gasteiger partial charge in [-0.1, -0.05) is 23.7 Å². The maximum Gasteiger partial charge on any atom is 0.256 e. The predicted molar refractivity (Wildman–Crippen MR) is 106 cm³/mol. The summed E-state index contributed by atoms with van der Waals surface area (Å²) in [6.45, 7) is 7.33. The highest BCUT2D eigenvalue weighted by Crippen LogP contribution is 2.21. The molecule has 0 atom stereocenters. The van der Waals surface area contributed by atoms with E-state index >= 15 is 0 Å². The van der Waals surface area contributed by atoms with E-state index in [1.807, 2.05) is 0 Å². The zero-order chi connectivity index (χ0) is 19.9. The number of benzene rings is 1. The lowest BCUT2D eigenvalue weighted by molar-refractivity contribution is 0.0372. The van der Waals surface area contributed by atoms with Gasteiger partial charge in [0.1, 0.15) is 11.0 Å². The first-order chi connectivity index (χ1) is 13.5. The summed E-state index contributed by atoms with van der Waals surface area (Å²) in [5.74, 6) is -0.501. The maximum absolute atomic E-state index is 13.0. The van der Waals surface area contributed by atoms with Crippen molar-refractivity contribution in [2.75, 3.05) is 39.4 Å². The Kier molecular flexibility index (Phi) is 7.42. The van der Waals surface area contributed by atoms with Gasteiger partial charge in [-0.25, -0.2) is 9.07 Å². The van der Waals surface area contributed by atoms with E-state index in [9.17, 15) is 9.18 Å². The minimum Gasteiger partial charge on any atom is -0.379 e. The lowest BCUT2D eigenvalue weighted by Crippen LogP contribution is -2.37. The Bertz CT molecular complexity index is 788. The zero-order valence-corrected chi connectivity index (χ0v) is 16.8. The van der Waals surface area contributed by atoms with Crippen LogP contribution < -0.4 is 5.32 Å². The topological polar surface area (TPSA) is 59.4 Å². The fraction of sp³-hybridized carbons (Fsp3) is 0.500. The normalized spacial score (nSPS) is 15.0. The molecular formula is C20H26ClFN4O2. The standard InChI is InChI=1S/C20H26ClFN4O2/c1-15-18(19(21)26(24-15)14-16-4-6-17(22)7-5-16)20(27)23-8-2-3-9-25-10-12-28-13-11-25/h4-7H,2-3,8-14H2,1H3,(H,23,27). The van der Waals surface area contributed by atoms with Gasteiger partial charge in [-0.3, -0.25) is 9.69 Å². The van der Waals surface area contributed by atoms with E-state index in [0.717, 1.165) is 51.3 Å². The van der Waals surface area contributed by atoms with Crippen LogP contribution in [-0.2, 0) is 11.3 Å². The van der Waals surface area contributed by atoms with Crippen molar-refractivity contribution in [3.05, 3.63) is 52.1 Å². The second-order valence-electron chi connectivity index (χ2n) is 6.95. The number of carbonyl (C=O) groups excluding carboxylic acids is 1. The molecule has 2 aromatic rings. The molecule has 0 saturated carbocycles. The molecule has 6 nitrogen and oxygen atoms in total. The maximum atomic E-state index is 13.0. The molecule has 1 amide bonds. The Morgan fingerprint density at radius 1 is 1.25 bits per heavy atom. The van der Waals surface area contributed by atoms with Crippen LogP contribution in [0.2, 0.25) is 5.15 Å². The van der Waals surface area contributed by atoms with Gasteiger partial charge in [0.05, 0.1) is 31.0 Å². The molecule has 1 saturated heterocycles. The van der Waals surface area contributed by atoms with Gasteiger partial charge in [0.15, 0.2) is 0 Å². The minimum absolute atomic E-state index is 0.209. The van der Waals surface area contributed by atoms with Crippen molar-refractivity contribution in [1.82, 2.24) is 20.0 Å². The van der Waals surface area contributed by atoms with E-state index in [4.69, 9.17) is 16.3 Å². The molecule has 0 unspecified atom stereocenters. The summed E-state index contributed by atoms with van der Waals surface area (Å²) in [5, 5.41) is 7.60. The van der Waals surface area contributed by atoms with Crippen LogP contribution in [0.25, 0.3) is 0 Å². The minimum atomic E-state index is -0.292. The monoisotopic (exact) mass is 408 g/mol. The van der Waals surface area contributed by atoms with Crippen LogP contribution in [-0.4, -0.2) is 60.0 Å². The molecule has 28 heavy (non-hydrogen) atoms. The highest BCUT2D eigenvalue weighted by atomic mass is 35.5. The van der Waals surface area contributed by atoms with Crippen molar-refractivity contribution >= 4 is 17.5 Å². The number of amides is 1. The molecule has 0 radical (unpaired) electrons. The zero-order valence-electron chi connectivity index (χ0n) is 16.1. The predicted octanol–water partition coefficient (Wildman–Crippen LogP) is 2.87. The van der Waals surface area contributed by atoms with E-state index in [2.05, 4.69) is 15.3 Å². The lowest BCUT2D eigenvalue weighted by atomic mass is 10.2. The van der Waals surface area contributed by atoms with Crippen LogP contribution in [0.1, 0.15) is 34.5 Å². The number of rotatable bonds is 8. The van der Waals surface area contributed by atoms with E-state index in [1.54, 1.807) is 23.7 Å². The van der Waals surface area contributed by atoms with Crippen molar-refractivity contribution < 1.29 is 13.9 Å². The Balaban J connectivity index is 1.49. The highest BCUT2D eigenvalue weighted by molar-refractivity contribution is 6.33. The van der Waals surface area contributed by atoms with Crippen molar-refractivity contribution in [3.63, 3.8) is 0 Å². The number of nitrogens with zero attached hydrogens (tertiary/aromatic N) is 3. The molecule has 152 valence electrons. The third-order valence-electron chi connectivity index (χ3n) is 4.83. The quantitative estimate of drug-likeness (QED) is 0.682. The third-order valence-corrected chi connectivity index (χ3v) is 5.21. The Hall–Kier alpha value is -1.96. The van der Waals surface area contributed by atoms with Gasteiger partial charge in [0.25, 0.3) is 5.91 Å². The summed E-state index contributed by atoms with van der Waals surface area (Å²) in [6.07, 6.45) is 1.93. The molecule has 1 aromatic heterocycles. The Morgan fingerprint density at radius 3 is 2.68 bits per heavy atom. The molecule has 0 aliphatic carbocycles. The van der Waals surface area contributed by atoms with Crippen molar-refractivity contribution in [1.29, 1.82) is 0 Å². The van der Waals surface area contributed by atoms with Crippen LogP contribution in [0.3, 0.4) is 0 Å². The van der Waals surface area contributed by atoms with Gasteiger partial charge >= 0.3 is 0 Å². The lowest BCUT2D eigenvalue weighted by Gasteiger charge is -2.26. The van der Waals surface area contributed by atoms with Crippen LogP contribution >= 0.6 is 11.6 Å². The van der Waals surface area contributed by atoms with Crippen LogP contribution in [0.15, 0.2) is 24.3 Å². The van der Waals surface area contributed by atoms with Crippen molar-refractivity contribution in [2.24, 2.45) is 0 Å². The van der Waals surface area contributed by atoms with E-state index in [0.29, 0.717) is 29.5 Å². The molecule has 1 fully saturated rings. The molecule has 0 bridgehead atoms. The van der Waals surface area contributed by atoms with Crippen LogP contribution in [0.5, 0.6) is 0 Å². The Morgan fingerprint density at radius 2 is 1.96 bits per heavy atom. The molecule has 1 aromatic carbocycles. The number of unbranched alkanes of at least 4 members (excludes halogenated alkanes) is 1.